The number of para-hydroxylation sites is 1. The molecule has 2 aromatic carbocycles. The maximum atomic E-state index is 14.6. The van der Waals surface area contributed by atoms with Crippen LogP contribution >= 0.6 is 11.6 Å². The Balaban J connectivity index is 1.35. The van der Waals surface area contributed by atoms with Crippen molar-refractivity contribution in [2.45, 2.75) is 44.6 Å². The minimum absolute atomic E-state index is 0.0452. The molecule has 0 aliphatic heterocycles. The molecule has 0 saturated heterocycles. The number of fused-ring (bicyclic) bond motifs is 1. The number of anilines is 2. The van der Waals surface area contributed by atoms with E-state index in [0.717, 1.165) is 25.7 Å². The Morgan fingerprint density at radius 3 is 2.60 bits per heavy atom. The number of carbonyl (C=O) groups excluding carboxylic acids is 1. The van der Waals surface area contributed by atoms with Crippen molar-refractivity contribution in [2.75, 3.05) is 5.32 Å². The first kappa shape index (κ1) is 19.3. The lowest BCUT2D eigenvalue weighted by Gasteiger charge is -2.29. The van der Waals surface area contributed by atoms with Crippen LogP contribution in [0, 0.1) is 17.0 Å². The molecule has 156 valence electrons. The summed E-state index contributed by atoms with van der Waals surface area (Å²) in [6.45, 7) is 0. The molecule has 0 atom stereocenters. The van der Waals surface area contributed by atoms with Crippen LogP contribution in [0.5, 0.6) is 0 Å². The molecule has 2 aliphatic rings. The molecule has 1 heterocycles. The van der Waals surface area contributed by atoms with E-state index in [2.05, 4.69) is 20.6 Å². The number of halogens is 3. The Bertz CT molecular complexity index is 1110. The van der Waals surface area contributed by atoms with Crippen LogP contribution in [0.4, 0.5) is 20.4 Å². The zero-order valence-corrected chi connectivity index (χ0v) is 17.0. The Morgan fingerprint density at radius 2 is 1.90 bits per heavy atom. The number of rotatable bonds is 4. The highest BCUT2D eigenvalue weighted by molar-refractivity contribution is 6.33. The van der Waals surface area contributed by atoms with Gasteiger partial charge in [0.25, 0.3) is 5.91 Å². The van der Waals surface area contributed by atoms with Gasteiger partial charge in [-0.3, -0.25) is 4.79 Å². The van der Waals surface area contributed by atoms with Gasteiger partial charge in [-0.1, -0.05) is 17.7 Å². The second-order valence-corrected chi connectivity index (χ2v) is 8.81. The van der Waals surface area contributed by atoms with Crippen LogP contribution in [-0.2, 0) is 0 Å². The molecular formula is C22H21ClF2N4O. The number of hydrogen-bond acceptors (Lipinski definition) is 3. The number of benzene rings is 2. The molecule has 1 amide bonds. The molecule has 5 rings (SSSR count). The van der Waals surface area contributed by atoms with Crippen molar-refractivity contribution >= 4 is 40.2 Å². The zero-order valence-electron chi connectivity index (χ0n) is 16.2. The first-order valence-corrected chi connectivity index (χ1v) is 10.5. The normalized spacial score (nSPS) is 18.0. The van der Waals surface area contributed by atoms with Gasteiger partial charge in [0, 0.05) is 12.1 Å². The van der Waals surface area contributed by atoms with Crippen molar-refractivity contribution in [1.82, 2.24) is 15.3 Å². The number of carbonyl (C=O) groups is 1. The van der Waals surface area contributed by atoms with Crippen LogP contribution in [0.2, 0.25) is 5.02 Å². The monoisotopic (exact) mass is 430 g/mol. The van der Waals surface area contributed by atoms with Gasteiger partial charge in [0.05, 0.1) is 27.3 Å². The summed E-state index contributed by atoms with van der Waals surface area (Å²) < 4.78 is 28.6. The Morgan fingerprint density at radius 1 is 1.13 bits per heavy atom. The first-order chi connectivity index (χ1) is 14.4. The average Bonchev–Trinajstić information content (AvgIpc) is 3.35. The van der Waals surface area contributed by atoms with Gasteiger partial charge in [0.2, 0.25) is 5.95 Å². The highest BCUT2D eigenvalue weighted by Gasteiger charge is 2.44. The molecular weight excluding hydrogens is 410 g/mol. The minimum Gasteiger partial charge on any atom is -0.349 e. The number of H-pyrrole nitrogens is 1. The summed E-state index contributed by atoms with van der Waals surface area (Å²) in [4.78, 5) is 19.9. The number of imidazole rings is 1. The Labute approximate surface area is 177 Å². The summed E-state index contributed by atoms with van der Waals surface area (Å²) in [5.41, 5.74) is 1.35. The van der Waals surface area contributed by atoms with Crippen LogP contribution in [0.1, 0.15) is 48.9 Å². The highest BCUT2D eigenvalue weighted by atomic mass is 35.5. The molecule has 2 fully saturated rings. The Hall–Kier alpha value is -2.67. The third-order valence-corrected chi connectivity index (χ3v) is 6.68. The molecule has 8 heteroatoms. The van der Waals surface area contributed by atoms with Crippen molar-refractivity contribution in [2.24, 2.45) is 5.41 Å². The summed E-state index contributed by atoms with van der Waals surface area (Å²) in [7, 11) is 0. The summed E-state index contributed by atoms with van der Waals surface area (Å²) in [6, 6.07) is 7.04. The second kappa shape index (κ2) is 7.23. The van der Waals surface area contributed by atoms with Crippen molar-refractivity contribution < 1.29 is 13.6 Å². The van der Waals surface area contributed by atoms with Gasteiger partial charge < -0.3 is 15.6 Å². The topological polar surface area (TPSA) is 69.8 Å². The lowest BCUT2D eigenvalue weighted by atomic mass is 9.83. The maximum Gasteiger partial charge on any atom is 0.254 e. The molecule has 1 aromatic heterocycles. The molecule has 0 unspecified atom stereocenters. The van der Waals surface area contributed by atoms with Gasteiger partial charge in [-0.15, -0.1) is 0 Å². The van der Waals surface area contributed by atoms with Crippen LogP contribution in [0.15, 0.2) is 30.3 Å². The van der Waals surface area contributed by atoms with Crippen LogP contribution < -0.4 is 10.6 Å². The molecule has 2 saturated carbocycles. The maximum absolute atomic E-state index is 14.6. The van der Waals surface area contributed by atoms with E-state index in [4.69, 9.17) is 11.6 Å². The number of aromatic amines is 1. The number of hydrogen-bond donors (Lipinski definition) is 3. The fourth-order valence-corrected chi connectivity index (χ4v) is 4.52. The van der Waals surface area contributed by atoms with Gasteiger partial charge in [-0.25, -0.2) is 13.8 Å². The third kappa shape index (κ3) is 3.62. The summed E-state index contributed by atoms with van der Waals surface area (Å²) in [5.74, 6) is -1.39. The first-order valence-electron chi connectivity index (χ1n) is 10.1. The van der Waals surface area contributed by atoms with Crippen molar-refractivity contribution in [3.8, 4) is 0 Å². The average molecular weight is 431 g/mol. The quantitative estimate of drug-likeness (QED) is 0.498. The summed E-state index contributed by atoms with van der Waals surface area (Å²) >= 11 is 6.03. The van der Waals surface area contributed by atoms with E-state index in [1.54, 1.807) is 6.07 Å². The van der Waals surface area contributed by atoms with Crippen molar-refractivity contribution in [3.63, 3.8) is 0 Å². The van der Waals surface area contributed by atoms with Crippen LogP contribution in [0.25, 0.3) is 11.0 Å². The molecule has 2 aliphatic carbocycles. The van der Waals surface area contributed by atoms with Gasteiger partial charge in [-0.2, -0.15) is 0 Å². The molecule has 0 bridgehead atoms. The minimum atomic E-state index is -0.631. The summed E-state index contributed by atoms with van der Waals surface area (Å²) in [6.07, 6.45) is 6.74. The lowest BCUT2D eigenvalue weighted by molar-refractivity contribution is 0.0915. The number of aromatic nitrogens is 2. The molecule has 1 spiro atoms. The van der Waals surface area contributed by atoms with E-state index in [-0.39, 0.29) is 28.3 Å². The molecule has 3 N–H and O–H groups in total. The van der Waals surface area contributed by atoms with E-state index in [1.165, 1.54) is 37.1 Å². The third-order valence-electron chi connectivity index (χ3n) is 6.36. The predicted octanol–water partition coefficient (Wildman–Crippen LogP) is 5.69. The van der Waals surface area contributed by atoms with Gasteiger partial charge in [0.1, 0.15) is 11.6 Å². The predicted molar refractivity (Wildman–Crippen MR) is 112 cm³/mol. The smallest absolute Gasteiger partial charge is 0.254 e. The fraction of sp³-hybridized carbons (Fsp3) is 0.364. The van der Waals surface area contributed by atoms with Crippen molar-refractivity contribution in [3.05, 3.63) is 52.6 Å². The fourth-order valence-electron chi connectivity index (χ4n) is 4.31. The van der Waals surface area contributed by atoms with E-state index in [1.807, 2.05) is 0 Å². The SMILES string of the molecule is O=C(NC1CCC2(CC1)CC2)c1cc2nc(Nc3c(F)cccc3Cl)[nH]c2cc1F. The van der Waals surface area contributed by atoms with E-state index < -0.39 is 17.5 Å². The zero-order chi connectivity index (χ0) is 20.9. The van der Waals surface area contributed by atoms with Crippen LogP contribution in [0.3, 0.4) is 0 Å². The van der Waals surface area contributed by atoms with Gasteiger partial charge in [-0.05, 0) is 62.1 Å². The van der Waals surface area contributed by atoms with Crippen molar-refractivity contribution in [1.29, 1.82) is 0 Å². The van der Waals surface area contributed by atoms with Gasteiger partial charge >= 0.3 is 0 Å². The molecule has 0 radical (unpaired) electrons. The molecule has 5 nitrogen and oxygen atoms in total. The van der Waals surface area contributed by atoms with Gasteiger partial charge in [0.15, 0.2) is 0 Å². The second-order valence-electron chi connectivity index (χ2n) is 8.40. The molecule has 30 heavy (non-hydrogen) atoms. The number of nitrogens with one attached hydrogen (secondary N) is 3. The Kier molecular flexibility index (Phi) is 4.65. The molecule has 3 aromatic rings. The summed E-state index contributed by atoms with van der Waals surface area (Å²) in [5, 5.41) is 5.95. The number of amides is 1. The van der Waals surface area contributed by atoms with Crippen LogP contribution in [-0.4, -0.2) is 21.9 Å². The lowest BCUT2D eigenvalue weighted by Crippen LogP contribution is -2.38. The van der Waals surface area contributed by atoms with E-state index >= 15 is 0 Å². The largest absolute Gasteiger partial charge is 0.349 e. The standard InChI is InChI=1S/C22H21ClF2N4O/c23-14-2-1-3-15(24)19(14)29-21-27-17-10-13(16(25)11-18(17)28-21)20(30)26-12-4-6-22(7-5-12)8-9-22/h1-3,10-12H,4-9H2,(H,26,30)(H2,27,28,29). The number of nitrogens with zero attached hydrogens (tertiary/aromatic N) is 1. The van der Waals surface area contributed by atoms with E-state index in [0.29, 0.717) is 16.4 Å². The van der Waals surface area contributed by atoms with E-state index in [9.17, 15) is 13.6 Å². The highest BCUT2D eigenvalue weighted by Crippen LogP contribution is 2.56.